The number of hydrogen-bond donors (Lipinski definition) is 8. The molecule has 1 aliphatic heterocycles. The third kappa shape index (κ3) is 17.9. The number of aromatic nitrogens is 4. The number of rotatable bonds is 16. The van der Waals surface area contributed by atoms with Gasteiger partial charge in [0.25, 0.3) is 5.91 Å². The third-order valence-electron chi connectivity index (χ3n) is 14.0. The minimum absolute atomic E-state index is 0.0684. The topological polar surface area (TPSA) is 361 Å². The summed E-state index contributed by atoms with van der Waals surface area (Å²) in [6, 6.07) is 36.5. The SMILES string of the molecule is COc1ccc(CCN2CCC(Nc3nc4ccccc4n3Cc3ccc(F)cc3)CC2)cc1.Cc1c(-c2cnccn2)ssc1=S.O=C(N/N=C/c1ccc([N+](=O)[O-])o1)c1ccc(OS(=O)(=O)O)cc1.O=c1c(O)c(-c2ccc(O)c(O)c2)oc2cc(O)cc(O)c12. The molecule has 11 aromatic rings. The molecular weight excluding hydrogens is 1290 g/mol. The molecule has 1 fully saturated rings. The second kappa shape index (κ2) is 30.5. The number of aromatic hydroxyl groups is 5. The highest BCUT2D eigenvalue weighted by molar-refractivity contribution is 7.81. The van der Waals surface area contributed by atoms with Crippen molar-refractivity contribution >= 4 is 89.3 Å². The summed E-state index contributed by atoms with van der Waals surface area (Å²) in [5.41, 5.74) is 7.90. The van der Waals surface area contributed by atoms with E-state index in [1.165, 1.54) is 42.0 Å². The number of halogens is 1. The van der Waals surface area contributed by atoms with E-state index >= 15 is 0 Å². The number of nitrogens with zero attached hydrogens (tertiary/aromatic N) is 7. The fraction of sp³-hybridized carbons (Fsp3) is 0.159. The first-order valence-electron chi connectivity index (χ1n) is 27.9. The lowest BCUT2D eigenvalue weighted by molar-refractivity contribution is -0.402. The van der Waals surface area contributed by atoms with Crippen molar-refractivity contribution < 1.29 is 70.4 Å². The van der Waals surface area contributed by atoms with Crippen LogP contribution in [0.2, 0.25) is 0 Å². The number of amides is 1. The van der Waals surface area contributed by atoms with Crippen LogP contribution in [0.4, 0.5) is 16.2 Å². The van der Waals surface area contributed by atoms with Crippen molar-refractivity contribution in [2.75, 3.05) is 32.1 Å². The van der Waals surface area contributed by atoms with Crippen LogP contribution < -0.4 is 25.1 Å². The van der Waals surface area contributed by atoms with E-state index in [2.05, 4.69) is 57.7 Å². The Labute approximate surface area is 540 Å². The number of furan rings is 1. The molecule has 480 valence electrons. The Morgan fingerprint density at radius 2 is 1.58 bits per heavy atom. The van der Waals surface area contributed by atoms with E-state index in [9.17, 15) is 58.0 Å². The summed E-state index contributed by atoms with van der Waals surface area (Å²) < 4.78 is 65.7. The molecule has 30 heteroatoms. The molecule has 0 spiro atoms. The zero-order valence-corrected chi connectivity index (χ0v) is 52.3. The number of nitrogens with one attached hydrogen (secondary N) is 2. The molecule has 12 rings (SSSR count). The molecule has 1 saturated heterocycles. The van der Waals surface area contributed by atoms with Crippen molar-refractivity contribution in [3.05, 3.63) is 216 Å². The summed E-state index contributed by atoms with van der Waals surface area (Å²) in [5.74, 6) is -2.34. The second-order valence-electron chi connectivity index (χ2n) is 20.3. The number of hydrazone groups is 1. The third-order valence-corrected chi connectivity index (χ3v) is 17.7. The number of carbonyl (C=O) groups is 1. The number of methoxy groups -OCH3 is 1. The number of carbonyl (C=O) groups excluding carboxylic acids is 1. The van der Waals surface area contributed by atoms with E-state index in [4.69, 9.17) is 35.3 Å². The van der Waals surface area contributed by atoms with Gasteiger partial charge in [0.2, 0.25) is 17.1 Å². The number of fused-ring (bicyclic) bond motifs is 2. The summed E-state index contributed by atoms with van der Waals surface area (Å²) >= 11 is 5.15. The highest BCUT2D eigenvalue weighted by Gasteiger charge is 2.23. The van der Waals surface area contributed by atoms with Gasteiger partial charge in [0.05, 0.1) is 53.7 Å². The first-order valence-corrected chi connectivity index (χ1v) is 31.8. The minimum Gasteiger partial charge on any atom is -0.508 e. The molecule has 0 aliphatic carbocycles. The Hall–Kier alpha value is -10.6. The van der Waals surface area contributed by atoms with E-state index in [0.717, 1.165) is 136 Å². The number of imidazole rings is 1. The predicted octanol–water partition coefficient (Wildman–Crippen LogP) is 11.8. The lowest BCUT2D eigenvalue weighted by Crippen LogP contribution is -2.40. The van der Waals surface area contributed by atoms with Gasteiger partial charge in [0.1, 0.15) is 48.5 Å². The van der Waals surface area contributed by atoms with Crippen molar-refractivity contribution in [2.45, 2.75) is 38.8 Å². The fourth-order valence-corrected chi connectivity index (χ4v) is 12.5. The molecule has 0 radical (unpaired) electrons. The smallest absolute Gasteiger partial charge is 0.446 e. The molecular formula is C63H56FN9O16S4. The molecule has 93 heavy (non-hydrogen) atoms. The van der Waals surface area contributed by atoms with Gasteiger partial charge in [-0.2, -0.15) is 13.5 Å². The average molecular weight is 1340 g/mol. The average Bonchev–Trinajstić information content (AvgIpc) is 1.17. The summed E-state index contributed by atoms with van der Waals surface area (Å²) in [5, 5.41) is 65.3. The maximum absolute atomic E-state index is 13.4. The van der Waals surface area contributed by atoms with E-state index < -0.39 is 49.8 Å². The molecule has 0 saturated carbocycles. The van der Waals surface area contributed by atoms with Gasteiger partial charge in [-0.25, -0.2) is 14.8 Å². The molecule has 1 aliphatic rings. The Morgan fingerprint density at radius 1 is 0.871 bits per heavy atom. The molecule has 1 amide bonds. The Morgan fingerprint density at radius 3 is 2.23 bits per heavy atom. The summed E-state index contributed by atoms with van der Waals surface area (Å²) in [4.78, 5) is 50.5. The number of anilines is 1. The zero-order valence-electron chi connectivity index (χ0n) is 49.0. The predicted molar refractivity (Wildman–Crippen MR) is 349 cm³/mol. The zero-order chi connectivity index (χ0) is 66.3. The maximum atomic E-state index is 13.4. The Bertz CT molecular complexity index is 4690. The van der Waals surface area contributed by atoms with Crippen LogP contribution in [0.1, 0.15) is 45.7 Å². The number of phenolic OH excluding ortho intramolecular Hbond substituents is 4. The van der Waals surface area contributed by atoms with E-state index in [0.29, 0.717) is 12.6 Å². The monoisotopic (exact) mass is 1340 g/mol. The fourth-order valence-electron chi connectivity index (χ4n) is 9.28. The first-order chi connectivity index (χ1) is 44.6. The quantitative estimate of drug-likeness (QED) is 0.00847. The van der Waals surface area contributed by atoms with Crippen LogP contribution in [0, 0.1) is 26.7 Å². The number of likely N-dealkylation sites (tertiary alicyclic amines) is 1. The van der Waals surface area contributed by atoms with Gasteiger partial charge in [0, 0.05) is 61.3 Å². The van der Waals surface area contributed by atoms with Crippen LogP contribution >= 0.6 is 32.9 Å². The highest BCUT2D eigenvalue weighted by atomic mass is 32.9. The second-order valence-corrected chi connectivity index (χ2v) is 24.2. The Balaban J connectivity index is 0.000000153. The van der Waals surface area contributed by atoms with E-state index in [1.807, 2.05) is 49.4 Å². The Kier molecular flexibility index (Phi) is 21.9. The lowest BCUT2D eigenvalue weighted by Gasteiger charge is -2.32. The van der Waals surface area contributed by atoms with Gasteiger partial charge in [-0.3, -0.25) is 34.2 Å². The van der Waals surface area contributed by atoms with Gasteiger partial charge in [-0.1, -0.05) is 69.3 Å². The first kappa shape index (κ1) is 66.8. The number of phenols is 4. The number of para-hydroxylation sites is 2. The summed E-state index contributed by atoms with van der Waals surface area (Å²) in [6.45, 7) is 5.91. The van der Waals surface area contributed by atoms with Crippen molar-refractivity contribution in [1.29, 1.82) is 0 Å². The van der Waals surface area contributed by atoms with Crippen LogP contribution in [-0.2, 0) is 23.4 Å². The van der Waals surface area contributed by atoms with E-state index in [1.54, 1.807) is 46.4 Å². The number of nitro groups is 1. The van der Waals surface area contributed by atoms with Gasteiger partial charge in [-0.05, 0) is 128 Å². The van der Waals surface area contributed by atoms with Crippen molar-refractivity contribution in [2.24, 2.45) is 5.10 Å². The maximum Gasteiger partial charge on any atom is 0.446 e. The van der Waals surface area contributed by atoms with Crippen LogP contribution in [-0.4, -0.2) is 113 Å². The molecule has 25 nitrogen and oxygen atoms in total. The van der Waals surface area contributed by atoms with Crippen LogP contribution in [0.25, 0.3) is 43.9 Å². The molecule has 0 unspecified atom stereocenters. The molecule has 8 N–H and O–H groups in total. The summed E-state index contributed by atoms with van der Waals surface area (Å²) in [6.07, 6.45) is 9.42. The number of piperidine rings is 1. The highest BCUT2D eigenvalue weighted by Crippen LogP contribution is 2.38. The standard InChI is InChI=1S/C28H31FN4O.C15H10O7.C12H9N3O8S.C8H6N2S3/c1-34-25-12-8-21(9-13-25)14-17-32-18-15-24(16-19-32)30-28-31-26-4-2-3-5-27(26)33(28)20-22-6-10-23(29)11-7-22;16-7-4-10(19)12-11(5-7)22-15(14(21)13(12)20)6-1-2-8(17)9(18)3-6;16-12(8-1-3-9(4-2-8)23-24(19,20)21)14-13-7-10-5-6-11(22-10)15(17)18;1-5-7(12-13-8(5)11)6-4-9-2-3-10-6/h2-13,24H,14-20H2,1H3,(H,30,31);1-5,16-19,21H;1-7H,(H,14,16)(H,19,20,21);2-4H,1H3/b;;13-7+;. The van der Waals surface area contributed by atoms with E-state index in [-0.39, 0.29) is 56.7 Å². The molecule has 6 heterocycles. The van der Waals surface area contributed by atoms with Gasteiger partial charge in [0.15, 0.2) is 23.0 Å². The minimum atomic E-state index is -4.64. The molecule has 0 atom stereocenters. The number of ether oxygens (including phenoxy) is 1. The molecule has 0 bridgehead atoms. The van der Waals surface area contributed by atoms with Crippen molar-refractivity contribution in [3.63, 3.8) is 0 Å². The number of hydrogen-bond acceptors (Lipinski definition) is 24. The van der Waals surface area contributed by atoms with Crippen molar-refractivity contribution in [3.8, 4) is 62.1 Å². The van der Waals surface area contributed by atoms with Crippen LogP contribution in [0.3, 0.4) is 0 Å². The largest absolute Gasteiger partial charge is 0.508 e. The van der Waals surface area contributed by atoms with Crippen LogP contribution in [0.15, 0.2) is 177 Å². The molecule has 6 aromatic carbocycles. The van der Waals surface area contributed by atoms with Gasteiger partial charge >= 0.3 is 16.3 Å². The lowest BCUT2D eigenvalue weighted by atomic mass is 10.0. The van der Waals surface area contributed by atoms with Gasteiger partial charge < -0.3 is 58.1 Å². The van der Waals surface area contributed by atoms with Gasteiger partial charge in [-0.15, -0.1) is 0 Å². The normalized spacial score (nSPS) is 12.4. The molecule has 5 aromatic heterocycles. The summed E-state index contributed by atoms with van der Waals surface area (Å²) in [7, 11) is 0.337. The van der Waals surface area contributed by atoms with Crippen LogP contribution in [0.5, 0.6) is 40.2 Å². The van der Waals surface area contributed by atoms with Crippen molar-refractivity contribution in [1.82, 2.24) is 29.8 Å². The number of benzene rings is 6.